The van der Waals surface area contributed by atoms with Crippen molar-refractivity contribution in [3.63, 3.8) is 0 Å². The number of phenolic OH excluding ortho intramolecular Hbond substituents is 1. The van der Waals surface area contributed by atoms with E-state index in [0.717, 1.165) is 0 Å². The number of aromatic hydroxyl groups is 1. The van der Waals surface area contributed by atoms with Crippen LogP contribution < -0.4 is 0 Å². The predicted molar refractivity (Wildman–Crippen MR) is 73.3 cm³/mol. The van der Waals surface area contributed by atoms with Gasteiger partial charge in [-0.3, -0.25) is 4.79 Å². The van der Waals surface area contributed by atoms with Gasteiger partial charge in [-0.1, -0.05) is 12.1 Å². The van der Waals surface area contributed by atoms with E-state index in [0.29, 0.717) is 5.56 Å². The maximum atomic E-state index is 11.8. The van der Waals surface area contributed by atoms with E-state index in [4.69, 9.17) is 9.47 Å². The average Bonchev–Trinajstić information content (AvgIpc) is 2.34. The van der Waals surface area contributed by atoms with Crippen LogP contribution in [0, 0.1) is 0 Å². The second-order valence-corrected chi connectivity index (χ2v) is 5.51. The Bertz CT molecular complexity index is 470. The summed E-state index contributed by atoms with van der Waals surface area (Å²) in [4.78, 5) is 23.2. The average molecular weight is 280 g/mol. The lowest BCUT2D eigenvalue weighted by molar-refractivity contribution is -0.167. The lowest BCUT2D eigenvalue weighted by atomic mass is 10.0. The number of esters is 2. The van der Waals surface area contributed by atoms with Gasteiger partial charge >= 0.3 is 11.9 Å². The van der Waals surface area contributed by atoms with Crippen LogP contribution in [0.4, 0.5) is 0 Å². The van der Waals surface area contributed by atoms with Crippen molar-refractivity contribution >= 4 is 11.9 Å². The first-order chi connectivity index (χ1) is 9.19. The van der Waals surface area contributed by atoms with Crippen molar-refractivity contribution in [2.75, 3.05) is 6.61 Å². The number of carbonyl (C=O) groups excluding carboxylic acids is 2. The SMILES string of the molecule is C[C@H](C(=O)OCC(=O)OC(C)(C)C)c1ccc(O)cc1. The summed E-state index contributed by atoms with van der Waals surface area (Å²) < 4.78 is 9.96. The minimum atomic E-state index is -0.605. The van der Waals surface area contributed by atoms with Gasteiger partial charge in [0.2, 0.25) is 0 Å². The molecule has 1 atom stereocenters. The van der Waals surface area contributed by atoms with Crippen LogP contribution in [0.5, 0.6) is 5.75 Å². The lowest BCUT2D eigenvalue weighted by Crippen LogP contribution is -2.28. The van der Waals surface area contributed by atoms with Crippen LogP contribution in [0.1, 0.15) is 39.2 Å². The van der Waals surface area contributed by atoms with Gasteiger partial charge in [0, 0.05) is 0 Å². The highest BCUT2D eigenvalue weighted by molar-refractivity contribution is 5.81. The molecule has 0 unspecified atom stereocenters. The van der Waals surface area contributed by atoms with Gasteiger partial charge in [0.15, 0.2) is 6.61 Å². The summed E-state index contributed by atoms with van der Waals surface area (Å²) >= 11 is 0. The van der Waals surface area contributed by atoms with Gasteiger partial charge in [-0.05, 0) is 45.4 Å². The normalized spacial score (nSPS) is 12.6. The number of rotatable bonds is 4. The van der Waals surface area contributed by atoms with Crippen LogP contribution >= 0.6 is 0 Å². The highest BCUT2D eigenvalue weighted by atomic mass is 16.6. The van der Waals surface area contributed by atoms with E-state index < -0.39 is 30.1 Å². The van der Waals surface area contributed by atoms with Gasteiger partial charge in [-0.25, -0.2) is 4.79 Å². The fraction of sp³-hybridized carbons (Fsp3) is 0.467. The van der Waals surface area contributed by atoms with Crippen LogP contribution in [-0.2, 0) is 19.1 Å². The molecular formula is C15H20O5. The van der Waals surface area contributed by atoms with Crippen LogP contribution in [-0.4, -0.2) is 29.3 Å². The first kappa shape index (κ1) is 16.0. The summed E-state index contributed by atoms with van der Waals surface area (Å²) in [5, 5.41) is 9.18. The van der Waals surface area contributed by atoms with E-state index in [-0.39, 0.29) is 5.75 Å². The Morgan fingerprint density at radius 2 is 1.75 bits per heavy atom. The van der Waals surface area contributed by atoms with Crippen LogP contribution in [0.25, 0.3) is 0 Å². The molecule has 0 aliphatic heterocycles. The first-order valence-electron chi connectivity index (χ1n) is 6.36. The Labute approximate surface area is 118 Å². The quantitative estimate of drug-likeness (QED) is 0.857. The van der Waals surface area contributed by atoms with Gasteiger partial charge in [0.05, 0.1) is 5.92 Å². The number of carbonyl (C=O) groups is 2. The molecule has 0 aliphatic rings. The third-order valence-corrected chi connectivity index (χ3v) is 2.50. The summed E-state index contributed by atoms with van der Waals surface area (Å²) in [6, 6.07) is 6.25. The molecule has 0 aromatic heterocycles. The highest BCUT2D eigenvalue weighted by Crippen LogP contribution is 2.19. The summed E-state index contributed by atoms with van der Waals surface area (Å²) in [5.74, 6) is -1.48. The van der Waals surface area contributed by atoms with Gasteiger partial charge in [-0.15, -0.1) is 0 Å². The topological polar surface area (TPSA) is 72.8 Å². The number of benzene rings is 1. The molecule has 110 valence electrons. The molecule has 1 rings (SSSR count). The third kappa shape index (κ3) is 5.30. The number of hydrogen-bond donors (Lipinski definition) is 1. The fourth-order valence-electron chi connectivity index (χ4n) is 1.53. The Morgan fingerprint density at radius 1 is 1.20 bits per heavy atom. The Kier molecular flexibility index (Phi) is 5.13. The fourth-order valence-corrected chi connectivity index (χ4v) is 1.53. The van der Waals surface area contributed by atoms with Gasteiger partial charge in [0.1, 0.15) is 11.4 Å². The first-order valence-corrected chi connectivity index (χ1v) is 6.36. The maximum absolute atomic E-state index is 11.8. The summed E-state index contributed by atoms with van der Waals surface area (Å²) in [6.45, 7) is 6.49. The molecular weight excluding hydrogens is 260 g/mol. The van der Waals surface area contributed by atoms with Crippen molar-refractivity contribution in [1.82, 2.24) is 0 Å². The molecule has 0 spiro atoms. The van der Waals surface area contributed by atoms with Crippen molar-refractivity contribution in [3.05, 3.63) is 29.8 Å². The van der Waals surface area contributed by atoms with Crippen molar-refractivity contribution < 1.29 is 24.2 Å². The van der Waals surface area contributed by atoms with E-state index >= 15 is 0 Å². The molecule has 1 aromatic rings. The van der Waals surface area contributed by atoms with E-state index in [1.807, 2.05) is 0 Å². The minimum Gasteiger partial charge on any atom is -0.508 e. The maximum Gasteiger partial charge on any atom is 0.344 e. The van der Waals surface area contributed by atoms with Crippen molar-refractivity contribution in [2.45, 2.75) is 39.2 Å². The van der Waals surface area contributed by atoms with E-state index in [1.54, 1.807) is 39.8 Å². The molecule has 0 amide bonds. The zero-order valence-electron chi connectivity index (χ0n) is 12.2. The Morgan fingerprint density at radius 3 is 2.25 bits per heavy atom. The van der Waals surface area contributed by atoms with Gasteiger partial charge in [0.25, 0.3) is 0 Å². The lowest BCUT2D eigenvalue weighted by Gasteiger charge is -2.19. The molecule has 0 bridgehead atoms. The molecule has 1 aromatic carbocycles. The molecule has 1 N–H and O–H groups in total. The largest absolute Gasteiger partial charge is 0.508 e. The van der Waals surface area contributed by atoms with Crippen LogP contribution in [0.2, 0.25) is 0 Å². The monoisotopic (exact) mass is 280 g/mol. The van der Waals surface area contributed by atoms with Crippen molar-refractivity contribution in [2.24, 2.45) is 0 Å². The standard InChI is InChI=1S/C15H20O5/c1-10(11-5-7-12(16)8-6-11)14(18)19-9-13(17)20-15(2,3)4/h5-8,10,16H,9H2,1-4H3/t10-/m0/s1. The van der Waals surface area contributed by atoms with Crippen molar-refractivity contribution in [3.8, 4) is 5.75 Å². The predicted octanol–water partition coefficient (Wildman–Crippen LogP) is 2.38. The molecule has 5 heteroatoms. The third-order valence-electron chi connectivity index (χ3n) is 2.50. The zero-order valence-corrected chi connectivity index (χ0v) is 12.2. The molecule has 0 saturated heterocycles. The van der Waals surface area contributed by atoms with Crippen molar-refractivity contribution in [1.29, 1.82) is 0 Å². The molecule has 0 heterocycles. The van der Waals surface area contributed by atoms with Gasteiger partial charge < -0.3 is 14.6 Å². The Hall–Kier alpha value is -2.04. The second kappa shape index (κ2) is 6.41. The van der Waals surface area contributed by atoms with E-state index in [2.05, 4.69) is 0 Å². The summed E-state index contributed by atoms with van der Waals surface area (Å²) in [5.41, 5.74) is 0.100. The molecule has 20 heavy (non-hydrogen) atoms. The highest BCUT2D eigenvalue weighted by Gasteiger charge is 2.21. The van der Waals surface area contributed by atoms with Crippen LogP contribution in [0.3, 0.4) is 0 Å². The molecule has 0 aliphatic carbocycles. The molecule has 0 fully saturated rings. The Balaban J connectivity index is 2.50. The smallest absolute Gasteiger partial charge is 0.344 e. The molecule has 5 nitrogen and oxygen atoms in total. The molecule has 0 saturated carbocycles. The molecule has 0 radical (unpaired) electrons. The zero-order chi connectivity index (χ0) is 15.3. The number of hydrogen-bond acceptors (Lipinski definition) is 5. The van der Waals surface area contributed by atoms with Gasteiger partial charge in [-0.2, -0.15) is 0 Å². The number of phenols is 1. The number of ether oxygens (including phenoxy) is 2. The minimum absolute atomic E-state index is 0.128. The second-order valence-electron chi connectivity index (χ2n) is 5.51. The summed E-state index contributed by atoms with van der Waals surface area (Å²) in [6.07, 6.45) is 0. The summed E-state index contributed by atoms with van der Waals surface area (Å²) in [7, 11) is 0. The van der Waals surface area contributed by atoms with E-state index in [1.165, 1.54) is 12.1 Å². The van der Waals surface area contributed by atoms with Crippen LogP contribution in [0.15, 0.2) is 24.3 Å². The van der Waals surface area contributed by atoms with E-state index in [9.17, 15) is 14.7 Å².